The summed E-state index contributed by atoms with van der Waals surface area (Å²) in [6.45, 7) is 4.03. The number of aliphatic hydroxyl groups excluding tert-OH is 1. The number of hydrogen-bond acceptors (Lipinski definition) is 5. The van der Waals surface area contributed by atoms with Gasteiger partial charge in [-0.05, 0) is 18.2 Å². The van der Waals surface area contributed by atoms with Crippen LogP contribution >= 0.6 is 12.6 Å². The Balaban J connectivity index is 2.80. The van der Waals surface area contributed by atoms with E-state index in [2.05, 4.69) is 19.2 Å². The van der Waals surface area contributed by atoms with Crippen molar-refractivity contribution in [1.82, 2.24) is 4.31 Å². The Hall–Kier alpha value is -0.920. The average Bonchev–Trinajstić information content (AvgIpc) is 2.20. The van der Waals surface area contributed by atoms with E-state index in [-0.39, 0.29) is 16.0 Å². The Labute approximate surface area is 100 Å². The van der Waals surface area contributed by atoms with Gasteiger partial charge in [0.05, 0.1) is 0 Å². The van der Waals surface area contributed by atoms with Crippen LogP contribution in [0.5, 0.6) is 0 Å². The minimum absolute atomic E-state index is 0.0692. The van der Waals surface area contributed by atoms with Gasteiger partial charge < -0.3 is 10.8 Å². The molecule has 16 heavy (non-hydrogen) atoms. The van der Waals surface area contributed by atoms with E-state index in [0.29, 0.717) is 13.1 Å². The van der Waals surface area contributed by atoms with Crippen molar-refractivity contribution in [2.75, 3.05) is 13.1 Å². The van der Waals surface area contributed by atoms with Crippen LogP contribution in [0.25, 0.3) is 0 Å². The summed E-state index contributed by atoms with van der Waals surface area (Å²) in [4.78, 5) is 0. The Kier molecular flexibility index (Phi) is 4.06. The van der Waals surface area contributed by atoms with E-state index in [1.807, 2.05) is 0 Å². The number of nitrogens with two attached hydrogens (primary N) is 1. The van der Waals surface area contributed by atoms with Crippen molar-refractivity contribution in [2.45, 2.75) is 5.25 Å². The summed E-state index contributed by atoms with van der Waals surface area (Å²) < 4.78 is 24.7. The lowest BCUT2D eigenvalue weighted by molar-refractivity contribution is 0.324. The third-order valence-corrected chi connectivity index (χ3v) is 4.13. The first kappa shape index (κ1) is 13.1. The molecule has 1 rings (SSSR count). The van der Waals surface area contributed by atoms with Crippen LogP contribution in [0.15, 0.2) is 35.6 Å². The maximum absolute atomic E-state index is 11.7. The van der Waals surface area contributed by atoms with Crippen LogP contribution in [0.2, 0.25) is 0 Å². The Morgan fingerprint density at radius 1 is 1.50 bits per heavy atom. The minimum Gasteiger partial charge on any atom is -0.508 e. The first-order valence-corrected chi connectivity index (χ1v) is 6.50. The summed E-state index contributed by atoms with van der Waals surface area (Å²) in [5.41, 5.74) is 5.43. The molecule has 0 aromatic carbocycles. The van der Waals surface area contributed by atoms with Crippen LogP contribution in [-0.4, -0.2) is 36.2 Å². The predicted molar refractivity (Wildman–Crippen MR) is 66.4 cm³/mol. The molecular weight excluding hydrogens is 248 g/mol. The SMILES string of the molecule is C=C/C(O)=C\C=C(/N)S(=O)(=O)N1CC(S)C1. The molecule has 1 heterocycles. The Morgan fingerprint density at radius 2 is 2.06 bits per heavy atom. The van der Waals surface area contributed by atoms with Gasteiger partial charge in [0, 0.05) is 18.3 Å². The second-order valence-corrected chi connectivity index (χ2v) is 6.01. The number of sulfonamides is 1. The monoisotopic (exact) mass is 262 g/mol. The molecule has 7 heteroatoms. The summed E-state index contributed by atoms with van der Waals surface area (Å²) >= 11 is 4.11. The smallest absolute Gasteiger partial charge is 0.258 e. The van der Waals surface area contributed by atoms with Crippen LogP contribution in [0, 0.1) is 0 Å². The quantitative estimate of drug-likeness (QED) is 0.388. The van der Waals surface area contributed by atoms with Crippen LogP contribution in [-0.2, 0) is 10.0 Å². The van der Waals surface area contributed by atoms with Crippen LogP contribution in [0.1, 0.15) is 0 Å². The zero-order valence-corrected chi connectivity index (χ0v) is 10.3. The molecule has 1 aliphatic rings. The molecule has 0 spiro atoms. The maximum Gasteiger partial charge on any atom is 0.258 e. The van der Waals surface area contributed by atoms with Gasteiger partial charge in [-0.3, -0.25) is 0 Å². The highest BCUT2D eigenvalue weighted by atomic mass is 32.2. The lowest BCUT2D eigenvalue weighted by Gasteiger charge is -2.34. The molecule has 3 N–H and O–H groups in total. The van der Waals surface area contributed by atoms with Crippen molar-refractivity contribution in [3.63, 3.8) is 0 Å². The van der Waals surface area contributed by atoms with Gasteiger partial charge in [-0.1, -0.05) is 6.58 Å². The largest absolute Gasteiger partial charge is 0.508 e. The van der Waals surface area contributed by atoms with E-state index in [9.17, 15) is 8.42 Å². The van der Waals surface area contributed by atoms with Crippen LogP contribution in [0.4, 0.5) is 0 Å². The van der Waals surface area contributed by atoms with Crippen LogP contribution < -0.4 is 5.73 Å². The fraction of sp³-hybridized carbons (Fsp3) is 0.333. The number of allylic oxidation sites excluding steroid dienone is 3. The molecule has 0 amide bonds. The van der Waals surface area contributed by atoms with Crippen molar-refractivity contribution in [3.05, 3.63) is 35.6 Å². The van der Waals surface area contributed by atoms with Gasteiger partial charge in [0.25, 0.3) is 10.0 Å². The molecule has 5 nitrogen and oxygen atoms in total. The maximum atomic E-state index is 11.7. The first-order valence-electron chi connectivity index (χ1n) is 4.55. The van der Waals surface area contributed by atoms with Gasteiger partial charge in [-0.2, -0.15) is 16.9 Å². The van der Waals surface area contributed by atoms with Crippen LogP contribution in [0.3, 0.4) is 0 Å². The summed E-state index contributed by atoms with van der Waals surface area (Å²) in [6.07, 6.45) is 3.50. The number of nitrogens with zero attached hydrogens (tertiary/aromatic N) is 1. The zero-order chi connectivity index (χ0) is 12.3. The molecule has 0 aromatic rings. The summed E-state index contributed by atoms with van der Waals surface area (Å²) in [5, 5.41) is 8.81. The highest BCUT2D eigenvalue weighted by Gasteiger charge is 2.35. The highest BCUT2D eigenvalue weighted by Crippen LogP contribution is 2.20. The average molecular weight is 262 g/mol. The van der Waals surface area contributed by atoms with Crippen molar-refractivity contribution in [1.29, 1.82) is 0 Å². The second kappa shape index (κ2) is 4.94. The van der Waals surface area contributed by atoms with Gasteiger partial charge >= 0.3 is 0 Å². The molecule has 0 bridgehead atoms. The van der Waals surface area contributed by atoms with Crippen molar-refractivity contribution >= 4 is 22.7 Å². The van der Waals surface area contributed by atoms with Gasteiger partial charge in [0.15, 0.2) is 0 Å². The highest BCUT2D eigenvalue weighted by molar-refractivity contribution is 7.93. The molecular formula is C9H14N2O3S2. The number of hydrogen-bond donors (Lipinski definition) is 3. The predicted octanol–water partition coefficient (Wildman–Crippen LogP) is 0.358. The lowest BCUT2D eigenvalue weighted by Crippen LogP contribution is -2.51. The second-order valence-electron chi connectivity index (χ2n) is 3.34. The van der Waals surface area contributed by atoms with E-state index in [1.54, 1.807) is 0 Å². The van der Waals surface area contributed by atoms with E-state index < -0.39 is 10.0 Å². The molecule has 0 radical (unpaired) electrons. The fourth-order valence-electron chi connectivity index (χ4n) is 1.08. The van der Waals surface area contributed by atoms with Crippen molar-refractivity contribution < 1.29 is 13.5 Å². The van der Waals surface area contributed by atoms with Gasteiger partial charge in [0.2, 0.25) is 0 Å². The molecule has 1 saturated heterocycles. The fourth-order valence-corrected chi connectivity index (χ4v) is 2.99. The molecule has 1 aliphatic heterocycles. The van der Waals surface area contributed by atoms with Gasteiger partial charge in [0.1, 0.15) is 10.8 Å². The zero-order valence-electron chi connectivity index (χ0n) is 8.57. The van der Waals surface area contributed by atoms with E-state index >= 15 is 0 Å². The molecule has 0 unspecified atom stereocenters. The van der Waals surface area contributed by atoms with E-state index in [4.69, 9.17) is 10.8 Å². The summed E-state index contributed by atoms with van der Waals surface area (Å²) in [5.74, 6) is -0.145. The van der Waals surface area contributed by atoms with Crippen molar-refractivity contribution in [3.8, 4) is 0 Å². The summed E-state index contributed by atoms with van der Waals surface area (Å²) in [6, 6.07) is 0. The molecule has 0 atom stereocenters. The van der Waals surface area contributed by atoms with Gasteiger partial charge in [-0.15, -0.1) is 0 Å². The molecule has 0 aliphatic carbocycles. The number of thiol groups is 1. The Morgan fingerprint density at radius 3 is 2.50 bits per heavy atom. The normalized spacial score (nSPS) is 20.6. The number of rotatable bonds is 4. The first-order chi connectivity index (χ1) is 7.37. The van der Waals surface area contributed by atoms with E-state index in [0.717, 1.165) is 6.08 Å². The van der Waals surface area contributed by atoms with Crippen molar-refractivity contribution in [2.24, 2.45) is 5.73 Å². The third kappa shape index (κ3) is 2.81. The Bertz CT molecular complexity index is 434. The molecule has 90 valence electrons. The van der Waals surface area contributed by atoms with E-state index in [1.165, 1.54) is 16.5 Å². The van der Waals surface area contributed by atoms with Gasteiger partial charge in [-0.25, -0.2) is 8.42 Å². The lowest BCUT2D eigenvalue weighted by atomic mass is 10.3. The molecule has 0 saturated carbocycles. The standard InChI is InChI=1S/C9H14N2O3S2/c1-2-7(12)3-4-9(10)16(13,14)11-5-8(15)6-11/h2-4,8,12,15H,1,5-6,10H2/b7-3+,9-4+. The topological polar surface area (TPSA) is 83.6 Å². The summed E-state index contributed by atoms with van der Waals surface area (Å²) in [7, 11) is -3.61. The molecule has 1 fully saturated rings. The molecule has 0 aromatic heterocycles. The minimum atomic E-state index is -3.61. The number of aliphatic hydroxyl groups is 1. The third-order valence-electron chi connectivity index (χ3n) is 2.09.